The van der Waals surface area contributed by atoms with E-state index in [2.05, 4.69) is 15.3 Å². The van der Waals surface area contributed by atoms with Gasteiger partial charge in [-0.1, -0.05) is 18.2 Å². The van der Waals surface area contributed by atoms with Crippen LogP contribution >= 0.6 is 0 Å². The number of carbonyl (C=O) groups excluding carboxylic acids is 1. The fourth-order valence-electron chi connectivity index (χ4n) is 2.20. The Labute approximate surface area is 109 Å². The molecule has 1 atom stereocenters. The zero-order chi connectivity index (χ0) is 13.5. The summed E-state index contributed by atoms with van der Waals surface area (Å²) >= 11 is 0. The van der Waals surface area contributed by atoms with Gasteiger partial charge in [-0.25, -0.2) is 9.97 Å². The molecular formula is C13H11N3O3. The van der Waals surface area contributed by atoms with Gasteiger partial charge in [0.1, 0.15) is 5.69 Å². The minimum absolute atomic E-state index is 0.0833. The third-order valence-electron chi connectivity index (χ3n) is 3.09. The van der Waals surface area contributed by atoms with E-state index in [0.717, 1.165) is 0 Å². The van der Waals surface area contributed by atoms with Crippen LogP contribution in [0.15, 0.2) is 36.7 Å². The van der Waals surface area contributed by atoms with Gasteiger partial charge in [0.2, 0.25) is 11.5 Å². The maximum absolute atomic E-state index is 12.1. The van der Waals surface area contributed by atoms with Crippen LogP contribution in [0.2, 0.25) is 0 Å². The van der Waals surface area contributed by atoms with Crippen molar-refractivity contribution in [1.82, 2.24) is 9.97 Å². The minimum Gasteiger partial charge on any atom is -0.480 e. The summed E-state index contributed by atoms with van der Waals surface area (Å²) in [6.45, 7) is 0. The summed E-state index contributed by atoms with van der Waals surface area (Å²) in [5.41, 5.74) is -0.794. The summed E-state index contributed by atoms with van der Waals surface area (Å²) in [6.07, 6.45) is 2.84. The van der Waals surface area contributed by atoms with Crippen LogP contribution in [-0.2, 0) is 10.4 Å². The van der Waals surface area contributed by atoms with E-state index in [4.69, 9.17) is 4.74 Å². The van der Waals surface area contributed by atoms with Gasteiger partial charge in [0.05, 0.1) is 7.11 Å². The van der Waals surface area contributed by atoms with Crippen molar-refractivity contribution in [2.75, 3.05) is 12.4 Å². The van der Waals surface area contributed by atoms with Crippen LogP contribution in [0.3, 0.4) is 0 Å². The standard InChI is InChI=1S/C13H11N3O3/c1-19-11-10(14-6-7-15-11)13(18)8-4-2-3-5-9(8)16-12(13)17/h2-7,18H,1H3,(H,16,17). The molecule has 2 aromatic rings. The van der Waals surface area contributed by atoms with E-state index < -0.39 is 11.5 Å². The molecule has 0 saturated heterocycles. The second-order valence-electron chi connectivity index (χ2n) is 4.12. The number of hydrogen-bond acceptors (Lipinski definition) is 5. The molecule has 3 rings (SSSR count). The van der Waals surface area contributed by atoms with Gasteiger partial charge in [-0.2, -0.15) is 0 Å². The maximum atomic E-state index is 12.1. The van der Waals surface area contributed by atoms with Crippen molar-refractivity contribution >= 4 is 11.6 Å². The number of benzene rings is 1. The van der Waals surface area contributed by atoms with Crippen molar-refractivity contribution in [1.29, 1.82) is 0 Å². The van der Waals surface area contributed by atoms with Crippen molar-refractivity contribution < 1.29 is 14.6 Å². The lowest BCUT2D eigenvalue weighted by molar-refractivity contribution is -0.130. The van der Waals surface area contributed by atoms with Gasteiger partial charge >= 0.3 is 0 Å². The molecule has 1 amide bonds. The highest BCUT2D eigenvalue weighted by Crippen LogP contribution is 2.42. The van der Waals surface area contributed by atoms with Crippen LogP contribution in [0.4, 0.5) is 5.69 Å². The highest BCUT2D eigenvalue weighted by Gasteiger charge is 2.50. The lowest BCUT2D eigenvalue weighted by atomic mass is 9.91. The van der Waals surface area contributed by atoms with Gasteiger partial charge < -0.3 is 15.2 Å². The number of rotatable bonds is 2. The zero-order valence-corrected chi connectivity index (χ0v) is 10.1. The molecule has 1 aliphatic heterocycles. The molecule has 0 aliphatic carbocycles. The number of amides is 1. The van der Waals surface area contributed by atoms with Gasteiger partial charge in [0.15, 0.2) is 0 Å². The zero-order valence-electron chi connectivity index (χ0n) is 10.1. The van der Waals surface area contributed by atoms with Crippen LogP contribution in [0, 0.1) is 0 Å². The van der Waals surface area contributed by atoms with E-state index in [1.807, 2.05) is 0 Å². The first-order chi connectivity index (χ1) is 9.17. The highest BCUT2D eigenvalue weighted by molar-refractivity contribution is 6.07. The van der Waals surface area contributed by atoms with E-state index in [0.29, 0.717) is 11.3 Å². The van der Waals surface area contributed by atoms with Gasteiger partial charge in [-0.3, -0.25) is 4.79 Å². The normalized spacial score (nSPS) is 20.8. The number of para-hydroxylation sites is 1. The molecule has 1 aromatic heterocycles. The smallest absolute Gasteiger partial charge is 0.267 e. The van der Waals surface area contributed by atoms with Gasteiger partial charge in [-0.05, 0) is 6.07 Å². The third kappa shape index (κ3) is 1.50. The van der Waals surface area contributed by atoms with Crippen LogP contribution in [0.5, 0.6) is 5.88 Å². The predicted octanol–water partition coefficient (Wildman–Crippen LogP) is 0.673. The number of ether oxygens (including phenoxy) is 1. The monoisotopic (exact) mass is 257 g/mol. The average Bonchev–Trinajstić information content (AvgIpc) is 2.72. The fourth-order valence-corrected chi connectivity index (χ4v) is 2.20. The number of aliphatic hydroxyl groups is 1. The maximum Gasteiger partial charge on any atom is 0.267 e. The first kappa shape index (κ1) is 11.6. The molecule has 1 aliphatic rings. The van der Waals surface area contributed by atoms with Gasteiger partial charge in [-0.15, -0.1) is 0 Å². The number of anilines is 1. The number of fused-ring (bicyclic) bond motifs is 1. The van der Waals surface area contributed by atoms with E-state index in [1.54, 1.807) is 24.3 Å². The number of methoxy groups -OCH3 is 1. The Bertz CT molecular complexity index is 659. The summed E-state index contributed by atoms with van der Waals surface area (Å²) < 4.78 is 5.07. The number of nitrogens with one attached hydrogen (secondary N) is 1. The van der Waals surface area contributed by atoms with Crippen LogP contribution in [-0.4, -0.2) is 28.1 Å². The Hall–Kier alpha value is -2.47. The SMILES string of the molecule is COc1nccnc1C1(O)C(=O)Nc2ccccc21. The van der Waals surface area contributed by atoms with Crippen molar-refractivity contribution in [3.63, 3.8) is 0 Å². The number of hydrogen-bond donors (Lipinski definition) is 2. The molecule has 2 N–H and O–H groups in total. The highest BCUT2D eigenvalue weighted by atomic mass is 16.5. The second kappa shape index (κ2) is 4.03. The topological polar surface area (TPSA) is 84.3 Å². The van der Waals surface area contributed by atoms with Crippen molar-refractivity contribution in [3.05, 3.63) is 47.9 Å². The summed E-state index contributed by atoms with van der Waals surface area (Å²) in [7, 11) is 1.41. The number of aromatic nitrogens is 2. The van der Waals surface area contributed by atoms with Crippen molar-refractivity contribution in [3.8, 4) is 5.88 Å². The lowest BCUT2D eigenvalue weighted by Crippen LogP contribution is -2.36. The average molecular weight is 257 g/mol. The first-order valence-electron chi connectivity index (χ1n) is 5.66. The molecule has 2 heterocycles. The Kier molecular flexibility index (Phi) is 2.46. The Morgan fingerprint density at radius 2 is 2.00 bits per heavy atom. The van der Waals surface area contributed by atoms with E-state index in [9.17, 15) is 9.90 Å². The first-order valence-corrected chi connectivity index (χ1v) is 5.66. The van der Waals surface area contributed by atoms with E-state index in [1.165, 1.54) is 19.5 Å². The fraction of sp³-hybridized carbons (Fsp3) is 0.154. The largest absolute Gasteiger partial charge is 0.480 e. The van der Waals surface area contributed by atoms with Crippen molar-refractivity contribution in [2.24, 2.45) is 0 Å². The molecule has 19 heavy (non-hydrogen) atoms. The summed E-state index contributed by atoms with van der Waals surface area (Å²) in [6, 6.07) is 6.90. The molecule has 6 heteroatoms. The Morgan fingerprint density at radius 3 is 2.79 bits per heavy atom. The van der Waals surface area contributed by atoms with Crippen molar-refractivity contribution in [2.45, 2.75) is 5.60 Å². The van der Waals surface area contributed by atoms with E-state index in [-0.39, 0.29) is 11.6 Å². The summed E-state index contributed by atoms with van der Waals surface area (Å²) in [5, 5.41) is 13.4. The van der Waals surface area contributed by atoms with Crippen LogP contribution < -0.4 is 10.1 Å². The molecule has 96 valence electrons. The summed E-state index contributed by atoms with van der Waals surface area (Å²) in [5.74, 6) is -0.440. The minimum atomic E-state index is -1.88. The molecule has 1 unspecified atom stereocenters. The quantitative estimate of drug-likeness (QED) is 0.826. The van der Waals surface area contributed by atoms with Crippen LogP contribution in [0.1, 0.15) is 11.3 Å². The third-order valence-corrected chi connectivity index (χ3v) is 3.09. The Balaban J connectivity index is 2.26. The van der Waals surface area contributed by atoms with Gasteiger partial charge in [0, 0.05) is 23.6 Å². The predicted molar refractivity (Wildman–Crippen MR) is 66.7 cm³/mol. The molecule has 0 radical (unpaired) electrons. The lowest BCUT2D eigenvalue weighted by Gasteiger charge is -2.21. The number of carbonyl (C=O) groups is 1. The molecule has 6 nitrogen and oxygen atoms in total. The van der Waals surface area contributed by atoms with Crippen LogP contribution in [0.25, 0.3) is 0 Å². The van der Waals surface area contributed by atoms with E-state index >= 15 is 0 Å². The molecule has 0 saturated carbocycles. The Morgan fingerprint density at radius 1 is 1.26 bits per heavy atom. The van der Waals surface area contributed by atoms with Gasteiger partial charge in [0.25, 0.3) is 5.91 Å². The molecule has 0 fully saturated rings. The number of nitrogens with zero attached hydrogens (tertiary/aromatic N) is 2. The molecule has 0 spiro atoms. The summed E-state index contributed by atoms with van der Waals surface area (Å²) in [4.78, 5) is 20.2. The second-order valence-corrected chi connectivity index (χ2v) is 4.12. The molecule has 1 aromatic carbocycles. The molecule has 0 bridgehead atoms. The molecular weight excluding hydrogens is 246 g/mol.